The van der Waals surface area contributed by atoms with Crippen LogP contribution < -0.4 is 5.73 Å². The maximum absolute atomic E-state index is 14.0. The number of carbonyl (C=O) groups is 1. The number of aromatic nitrogens is 3. The predicted molar refractivity (Wildman–Crippen MR) is 147 cm³/mol. The van der Waals surface area contributed by atoms with Crippen molar-refractivity contribution in [1.82, 2.24) is 19.7 Å². The molecule has 4 rings (SSSR count). The van der Waals surface area contributed by atoms with Crippen LogP contribution in [0.25, 0.3) is 11.1 Å². The fourth-order valence-corrected chi connectivity index (χ4v) is 6.14. The summed E-state index contributed by atoms with van der Waals surface area (Å²) in [6.07, 6.45) is 6.78. The van der Waals surface area contributed by atoms with Gasteiger partial charge in [-0.05, 0) is 58.7 Å². The number of likely N-dealkylation sites (tertiary alicyclic amines) is 1. The summed E-state index contributed by atoms with van der Waals surface area (Å²) in [5.74, 6) is -0.149. The summed E-state index contributed by atoms with van der Waals surface area (Å²) in [6.45, 7) is 8.72. The minimum Gasteiger partial charge on any atom is -0.444 e. The number of piperidine rings is 1. The number of nitrogen functional groups attached to an aromatic ring is 1. The van der Waals surface area contributed by atoms with Gasteiger partial charge < -0.3 is 15.4 Å². The zero-order valence-electron chi connectivity index (χ0n) is 21.2. The maximum Gasteiger partial charge on any atom is 0.410 e. The SMILES string of the molecule is CC(Sc1cc(-c2cnn(C3CCN(C(=O)OC(C)(C)C)CC3)c2)cnc1N)c1c(Cl)ccc(F)c1Cl. The van der Waals surface area contributed by atoms with E-state index in [2.05, 4.69) is 10.1 Å². The van der Waals surface area contributed by atoms with E-state index in [4.69, 9.17) is 33.7 Å². The highest BCUT2D eigenvalue weighted by Crippen LogP contribution is 2.44. The molecule has 2 aromatic heterocycles. The van der Waals surface area contributed by atoms with Crippen molar-refractivity contribution >= 4 is 46.9 Å². The Hall–Kier alpha value is -2.49. The molecule has 1 amide bonds. The molecule has 0 aliphatic carbocycles. The molecule has 198 valence electrons. The third kappa shape index (κ3) is 6.51. The van der Waals surface area contributed by atoms with Crippen molar-refractivity contribution in [2.24, 2.45) is 0 Å². The van der Waals surface area contributed by atoms with Crippen molar-refractivity contribution in [2.75, 3.05) is 18.8 Å². The van der Waals surface area contributed by atoms with Crippen LogP contribution in [0, 0.1) is 5.82 Å². The minimum atomic E-state index is -0.516. The molecule has 1 aromatic carbocycles. The monoisotopic (exact) mass is 565 g/mol. The van der Waals surface area contributed by atoms with E-state index in [0.29, 0.717) is 29.5 Å². The lowest BCUT2D eigenvalue weighted by Gasteiger charge is -2.33. The first-order chi connectivity index (χ1) is 17.4. The van der Waals surface area contributed by atoms with Crippen LogP contribution in [0.1, 0.15) is 57.4 Å². The van der Waals surface area contributed by atoms with Crippen LogP contribution in [-0.4, -0.2) is 44.4 Å². The largest absolute Gasteiger partial charge is 0.444 e. The highest BCUT2D eigenvalue weighted by Gasteiger charge is 2.28. The molecule has 0 spiro atoms. The second-order valence-corrected chi connectivity index (χ2v) is 12.2. The molecular weight excluding hydrogens is 536 g/mol. The first-order valence-corrected chi connectivity index (χ1v) is 13.6. The van der Waals surface area contributed by atoms with Gasteiger partial charge in [0.1, 0.15) is 17.2 Å². The van der Waals surface area contributed by atoms with Crippen molar-refractivity contribution in [3.8, 4) is 11.1 Å². The molecule has 0 bridgehead atoms. The second-order valence-electron chi connectivity index (χ2n) is 10.0. The highest BCUT2D eigenvalue weighted by atomic mass is 35.5. The molecule has 2 N–H and O–H groups in total. The predicted octanol–water partition coefficient (Wildman–Crippen LogP) is 7.40. The van der Waals surface area contributed by atoms with Crippen molar-refractivity contribution in [3.63, 3.8) is 0 Å². The Balaban J connectivity index is 1.45. The third-order valence-electron chi connectivity index (χ3n) is 6.10. The lowest BCUT2D eigenvalue weighted by molar-refractivity contribution is 0.0185. The number of nitrogens with two attached hydrogens (primary N) is 1. The third-order valence-corrected chi connectivity index (χ3v) is 7.98. The quantitative estimate of drug-likeness (QED) is 0.256. The molecule has 7 nitrogen and oxygen atoms in total. The van der Waals surface area contributed by atoms with Gasteiger partial charge in [0.2, 0.25) is 0 Å². The standard InChI is InChI=1S/C26H30Cl2FN5O2S/c1-15(22-19(27)5-6-20(29)23(22)28)37-21-11-16(12-31-24(21)30)17-13-32-34(14-17)18-7-9-33(10-8-18)25(35)36-26(2,3)4/h5-6,11-15,18H,7-10H2,1-4H3,(H2,30,31). The van der Waals surface area contributed by atoms with Crippen LogP contribution in [0.5, 0.6) is 0 Å². The van der Waals surface area contributed by atoms with Gasteiger partial charge in [0.15, 0.2) is 0 Å². The maximum atomic E-state index is 14.0. The average molecular weight is 567 g/mol. The molecule has 0 saturated carbocycles. The molecule has 1 atom stereocenters. The van der Waals surface area contributed by atoms with Gasteiger partial charge >= 0.3 is 6.09 Å². The van der Waals surface area contributed by atoms with E-state index in [1.807, 2.05) is 44.6 Å². The summed E-state index contributed by atoms with van der Waals surface area (Å²) in [4.78, 5) is 19.2. The summed E-state index contributed by atoms with van der Waals surface area (Å²) in [7, 11) is 0. The van der Waals surface area contributed by atoms with Crippen LogP contribution in [0.4, 0.5) is 15.0 Å². The zero-order valence-corrected chi connectivity index (χ0v) is 23.5. The topological polar surface area (TPSA) is 86.3 Å². The van der Waals surface area contributed by atoms with Gasteiger partial charge in [-0.1, -0.05) is 23.2 Å². The lowest BCUT2D eigenvalue weighted by Crippen LogP contribution is -2.42. The number of carbonyl (C=O) groups excluding carboxylic acids is 1. The van der Waals surface area contributed by atoms with E-state index in [-0.39, 0.29) is 22.4 Å². The molecule has 1 aliphatic rings. The summed E-state index contributed by atoms with van der Waals surface area (Å²) >= 11 is 13.9. The van der Waals surface area contributed by atoms with Crippen molar-refractivity contribution < 1.29 is 13.9 Å². The fraction of sp³-hybridized carbons (Fsp3) is 0.423. The molecule has 1 unspecified atom stereocenters. The van der Waals surface area contributed by atoms with Crippen LogP contribution in [0.15, 0.2) is 41.7 Å². The Morgan fingerprint density at radius 1 is 1.22 bits per heavy atom. The number of hydrogen-bond acceptors (Lipinski definition) is 6. The number of nitrogens with zero attached hydrogens (tertiary/aromatic N) is 4. The number of rotatable bonds is 5. The van der Waals surface area contributed by atoms with Gasteiger partial charge in [-0.25, -0.2) is 14.2 Å². The number of thioether (sulfide) groups is 1. The van der Waals surface area contributed by atoms with Crippen molar-refractivity contribution in [3.05, 3.63) is 58.2 Å². The van der Waals surface area contributed by atoms with Crippen LogP contribution >= 0.6 is 35.0 Å². The highest BCUT2D eigenvalue weighted by molar-refractivity contribution is 7.99. The number of ether oxygens (including phenoxy) is 1. The normalized spacial score (nSPS) is 15.6. The van der Waals surface area contributed by atoms with E-state index in [0.717, 1.165) is 28.9 Å². The van der Waals surface area contributed by atoms with Gasteiger partial charge in [-0.15, -0.1) is 11.8 Å². The number of amides is 1. The molecule has 1 saturated heterocycles. The lowest BCUT2D eigenvalue weighted by atomic mass is 10.1. The summed E-state index contributed by atoms with van der Waals surface area (Å²) < 4.78 is 21.5. The molecule has 1 aliphatic heterocycles. The first-order valence-electron chi connectivity index (χ1n) is 12.0. The summed E-state index contributed by atoms with van der Waals surface area (Å²) in [6, 6.07) is 4.87. The molecular formula is C26H30Cl2FN5O2S. The number of pyridine rings is 1. The Morgan fingerprint density at radius 2 is 1.92 bits per heavy atom. The molecule has 11 heteroatoms. The van der Waals surface area contributed by atoms with Crippen molar-refractivity contribution in [1.29, 1.82) is 0 Å². The van der Waals surface area contributed by atoms with E-state index in [1.54, 1.807) is 17.3 Å². The van der Waals surface area contributed by atoms with Gasteiger partial charge in [0.05, 0.1) is 22.2 Å². The van der Waals surface area contributed by atoms with Crippen molar-refractivity contribution in [2.45, 2.75) is 62.3 Å². The molecule has 0 radical (unpaired) electrons. The fourth-order valence-electron chi connectivity index (χ4n) is 4.20. The second kappa shape index (κ2) is 11.1. The molecule has 3 heterocycles. The van der Waals surface area contributed by atoms with Crippen LogP contribution in [-0.2, 0) is 4.74 Å². The molecule has 1 fully saturated rings. The summed E-state index contributed by atoms with van der Waals surface area (Å²) in [5, 5.41) is 4.73. The Bertz CT molecular complexity index is 1290. The van der Waals surface area contributed by atoms with E-state index in [1.165, 1.54) is 23.9 Å². The van der Waals surface area contributed by atoms with Gasteiger partial charge in [0, 0.05) is 52.4 Å². The average Bonchev–Trinajstić information content (AvgIpc) is 3.32. The van der Waals surface area contributed by atoms with E-state index in [9.17, 15) is 9.18 Å². The van der Waals surface area contributed by atoms with Gasteiger partial charge in [-0.2, -0.15) is 5.10 Å². The number of anilines is 1. The molecule has 3 aromatic rings. The Kier molecular flexibility index (Phi) is 8.26. The zero-order chi connectivity index (χ0) is 26.9. The minimum absolute atomic E-state index is 0.00850. The van der Waals surface area contributed by atoms with E-state index < -0.39 is 11.4 Å². The first kappa shape index (κ1) is 27.5. The number of hydrogen-bond donors (Lipinski definition) is 1. The summed E-state index contributed by atoms with van der Waals surface area (Å²) in [5.41, 5.74) is 7.93. The number of benzene rings is 1. The van der Waals surface area contributed by atoms with Crippen LogP contribution in [0.2, 0.25) is 10.0 Å². The van der Waals surface area contributed by atoms with Crippen LogP contribution in [0.3, 0.4) is 0 Å². The Labute approximate surface area is 230 Å². The smallest absolute Gasteiger partial charge is 0.410 e. The molecule has 37 heavy (non-hydrogen) atoms. The number of halogens is 3. The van der Waals surface area contributed by atoms with Gasteiger partial charge in [0.25, 0.3) is 0 Å². The van der Waals surface area contributed by atoms with Gasteiger partial charge in [-0.3, -0.25) is 4.68 Å². The Morgan fingerprint density at radius 3 is 2.59 bits per heavy atom. The van der Waals surface area contributed by atoms with E-state index >= 15 is 0 Å².